The number of benzene rings is 1. The number of nitrogens with two attached hydrogens (primary N) is 1. The molecule has 0 radical (unpaired) electrons. The maximum absolute atomic E-state index is 12.7. The van der Waals surface area contributed by atoms with E-state index in [9.17, 15) is 4.79 Å². The summed E-state index contributed by atoms with van der Waals surface area (Å²) in [4.78, 5) is 12.7. The molecule has 1 aromatic carbocycles. The van der Waals surface area contributed by atoms with Crippen molar-refractivity contribution in [2.45, 2.75) is 71.4 Å². The molecule has 0 aromatic heterocycles. The topological polar surface area (TPSA) is 64.4 Å². The van der Waals surface area contributed by atoms with Gasteiger partial charge in [-0.15, -0.1) is 12.4 Å². The molecule has 0 spiro atoms. The number of ether oxygens (including phenoxy) is 1. The number of carbonyl (C=O) groups is 1. The molecule has 0 aliphatic heterocycles. The second-order valence-corrected chi connectivity index (χ2v) is 7.45. The Kier molecular flexibility index (Phi) is 7.91. The normalized spacial score (nSPS) is 24.1. The van der Waals surface area contributed by atoms with Crippen molar-refractivity contribution in [1.82, 2.24) is 0 Å². The van der Waals surface area contributed by atoms with Crippen molar-refractivity contribution < 1.29 is 9.53 Å². The maximum Gasteiger partial charge on any atom is 0.245 e. The van der Waals surface area contributed by atoms with Crippen LogP contribution in [-0.2, 0) is 16.0 Å². The van der Waals surface area contributed by atoms with Gasteiger partial charge in [0.1, 0.15) is 5.54 Å². The van der Waals surface area contributed by atoms with Gasteiger partial charge in [-0.1, -0.05) is 45.7 Å². The zero-order chi connectivity index (χ0) is 17.8. The molecule has 1 aromatic rings. The standard InChI is InChI=1S/C20H32N2O2.ClH/c1-5-7-8-9-15-10-12-16(13-11-15)22-18(23)20(21)14-17(24-6-2)19(20,3)4;/h10-13,17H,5-9,14,21H2,1-4H3,(H,22,23);1H. The molecule has 4 nitrogen and oxygen atoms in total. The van der Waals surface area contributed by atoms with E-state index in [2.05, 4.69) is 24.4 Å². The Balaban J connectivity index is 0.00000312. The Hall–Kier alpha value is -1.10. The molecule has 1 aliphatic carbocycles. The fourth-order valence-electron chi connectivity index (χ4n) is 3.40. The summed E-state index contributed by atoms with van der Waals surface area (Å²) in [6.45, 7) is 8.83. The van der Waals surface area contributed by atoms with Gasteiger partial charge in [0.2, 0.25) is 5.91 Å². The number of hydrogen-bond donors (Lipinski definition) is 2. The van der Waals surface area contributed by atoms with Gasteiger partial charge in [0.15, 0.2) is 0 Å². The van der Waals surface area contributed by atoms with Crippen LogP contribution < -0.4 is 11.1 Å². The van der Waals surface area contributed by atoms with Gasteiger partial charge in [-0.2, -0.15) is 0 Å². The number of aryl methyl sites for hydroxylation is 1. The molecular formula is C20H33ClN2O2. The van der Waals surface area contributed by atoms with E-state index in [4.69, 9.17) is 10.5 Å². The number of carbonyl (C=O) groups excluding carboxylic acids is 1. The summed E-state index contributed by atoms with van der Waals surface area (Å²) in [5, 5.41) is 2.98. The van der Waals surface area contributed by atoms with Gasteiger partial charge in [-0.25, -0.2) is 0 Å². The largest absolute Gasteiger partial charge is 0.378 e. The number of hydrogen-bond acceptors (Lipinski definition) is 3. The summed E-state index contributed by atoms with van der Waals surface area (Å²) >= 11 is 0. The van der Waals surface area contributed by atoms with Crippen molar-refractivity contribution in [3.63, 3.8) is 0 Å². The molecule has 0 saturated heterocycles. The van der Waals surface area contributed by atoms with Crippen LogP contribution in [-0.4, -0.2) is 24.2 Å². The van der Waals surface area contributed by atoms with Crippen LogP contribution in [0.1, 0.15) is 58.9 Å². The van der Waals surface area contributed by atoms with E-state index < -0.39 is 5.54 Å². The third-order valence-corrected chi connectivity index (χ3v) is 5.52. The number of unbranched alkanes of at least 4 members (excludes halogenated alkanes) is 2. The fourth-order valence-corrected chi connectivity index (χ4v) is 3.40. The first-order valence-electron chi connectivity index (χ1n) is 9.16. The van der Waals surface area contributed by atoms with Gasteiger partial charge in [0.05, 0.1) is 6.10 Å². The molecule has 1 aliphatic rings. The summed E-state index contributed by atoms with van der Waals surface area (Å²) < 4.78 is 5.69. The van der Waals surface area contributed by atoms with Crippen molar-refractivity contribution in [1.29, 1.82) is 0 Å². The predicted molar refractivity (Wildman–Crippen MR) is 106 cm³/mol. The van der Waals surface area contributed by atoms with Crippen LogP contribution in [0.15, 0.2) is 24.3 Å². The van der Waals surface area contributed by atoms with E-state index in [0.29, 0.717) is 13.0 Å². The summed E-state index contributed by atoms with van der Waals surface area (Å²) in [5.41, 5.74) is 7.28. The number of rotatable bonds is 8. The lowest BCUT2D eigenvalue weighted by molar-refractivity contribution is -0.166. The zero-order valence-corrected chi connectivity index (χ0v) is 16.7. The van der Waals surface area contributed by atoms with E-state index in [1.165, 1.54) is 24.8 Å². The molecule has 2 unspecified atom stereocenters. The van der Waals surface area contributed by atoms with Gasteiger partial charge in [0, 0.05) is 24.1 Å². The molecule has 3 N–H and O–H groups in total. The molecule has 5 heteroatoms. The minimum Gasteiger partial charge on any atom is -0.378 e. The second kappa shape index (κ2) is 9.02. The number of amides is 1. The van der Waals surface area contributed by atoms with Crippen LogP contribution in [0.25, 0.3) is 0 Å². The summed E-state index contributed by atoms with van der Waals surface area (Å²) in [6, 6.07) is 8.11. The fraction of sp³-hybridized carbons (Fsp3) is 0.650. The highest BCUT2D eigenvalue weighted by atomic mass is 35.5. The molecular weight excluding hydrogens is 336 g/mol. The Morgan fingerprint density at radius 1 is 1.24 bits per heavy atom. The molecule has 1 fully saturated rings. The van der Waals surface area contributed by atoms with Gasteiger partial charge in [-0.05, 0) is 37.5 Å². The van der Waals surface area contributed by atoms with Crippen LogP contribution in [0, 0.1) is 5.41 Å². The van der Waals surface area contributed by atoms with Gasteiger partial charge in [-0.3, -0.25) is 4.79 Å². The number of nitrogens with one attached hydrogen (secondary N) is 1. The van der Waals surface area contributed by atoms with Gasteiger partial charge < -0.3 is 15.8 Å². The minimum absolute atomic E-state index is 0. The van der Waals surface area contributed by atoms with Crippen molar-refractivity contribution in [2.75, 3.05) is 11.9 Å². The van der Waals surface area contributed by atoms with E-state index in [0.717, 1.165) is 12.1 Å². The van der Waals surface area contributed by atoms with E-state index in [-0.39, 0.29) is 29.8 Å². The van der Waals surface area contributed by atoms with Crippen LogP contribution in [0.3, 0.4) is 0 Å². The molecule has 1 saturated carbocycles. The minimum atomic E-state index is -0.882. The lowest BCUT2D eigenvalue weighted by Crippen LogP contribution is -2.74. The first-order valence-corrected chi connectivity index (χ1v) is 9.16. The quantitative estimate of drug-likeness (QED) is 0.672. The Morgan fingerprint density at radius 2 is 1.88 bits per heavy atom. The molecule has 2 rings (SSSR count). The van der Waals surface area contributed by atoms with Crippen molar-refractivity contribution >= 4 is 24.0 Å². The highest BCUT2D eigenvalue weighted by molar-refractivity contribution is 5.99. The molecule has 2 atom stereocenters. The number of anilines is 1. The Bertz CT molecular complexity index is 559. The van der Waals surface area contributed by atoms with Gasteiger partial charge >= 0.3 is 0 Å². The molecule has 25 heavy (non-hydrogen) atoms. The molecule has 0 heterocycles. The van der Waals surface area contributed by atoms with Crippen LogP contribution in [0.5, 0.6) is 0 Å². The van der Waals surface area contributed by atoms with Crippen molar-refractivity contribution in [3.8, 4) is 0 Å². The second-order valence-electron chi connectivity index (χ2n) is 7.45. The summed E-state index contributed by atoms with van der Waals surface area (Å²) in [7, 11) is 0. The third-order valence-electron chi connectivity index (χ3n) is 5.52. The monoisotopic (exact) mass is 368 g/mol. The van der Waals surface area contributed by atoms with Crippen molar-refractivity contribution in [2.24, 2.45) is 11.1 Å². The van der Waals surface area contributed by atoms with Crippen molar-refractivity contribution in [3.05, 3.63) is 29.8 Å². The van der Waals surface area contributed by atoms with Crippen LogP contribution in [0.4, 0.5) is 5.69 Å². The average Bonchev–Trinajstić information content (AvgIpc) is 2.56. The Labute approximate surface area is 158 Å². The first-order chi connectivity index (χ1) is 11.3. The molecule has 142 valence electrons. The highest BCUT2D eigenvalue weighted by Gasteiger charge is 2.62. The summed E-state index contributed by atoms with van der Waals surface area (Å²) in [6.07, 6.45) is 5.39. The van der Waals surface area contributed by atoms with Crippen LogP contribution in [0.2, 0.25) is 0 Å². The Morgan fingerprint density at radius 3 is 2.40 bits per heavy atom. The maximum atomic E-state index is 12.7. The summed E-state index contributed by atoms with van der Waals surface area (Å²) in [5.74, 6) is -0.123. The lowest BCUT2D eigenvalue weighted by atomic mass is 9.54. The predicted octanol–water partition coefficient (Wildman–Crippen LogP) is 4.31. The number of halogens is 1. The van der Waals surface area contributed by atoms with E-state index >= 15 is 0 Å². The molecule has 0 bridgehead atoms. The first kappa shape index (κ1) is 21.9. The average molecular weight is 369 g/mol. The van der Waals surface area contributed by atoms with Gasteiger partial charge in [0.25, 0.3) is 0 Å². The third kappa shape index (κ3) is 4.55. The van der Waals surface area contributed by atoms with Crippen LogP contribution >= 0.6 is 12.4 Å². The highest BCUT2D eigenvalue weighted by Crippen LogP contribution is 2.50. The van der Waals surface area contributed by atoms with E-state index in [1.807, 2.05) is 32.9 Å². The van der Waals surface area contributed by atoms with E-state index in [1.54, 1.807) is 0 Å². The zero-order valence-electron chi connectivity index (χ0n) is 15.9. The smallest absolute Gasteiger partial charge is 0.245 e. The lowest BCUT2D eigenvalue weighted by Gasteiger charge is -2.57. The SMILES string of the molecule is CCCCCc1ccc(NC(=O)C2(N)CC(OCC)C2(C)C)cc1.Cl. The molecule has 1 amide bonds.